The first kappa shape index (κ1) is 24.9. The number of nitrogens with zero attached hydrogens (tertiary/aromatic N) is 3. The van der Waals surface area contributed by atoms with Gasteiger partial charge in [0, 0.05) is 51.4 Å². The van der Waals surface area contributed by atoms with E-state index in [2.05, 4.69) is 44.4 Å². The zero-order valence-corrected chi connectivity index (χ0v) is 21.1. The molecule has 0 unspecified atom stereocenters. The molecule has 2 N–H and O–H groups in total. The van der Waals surface area contributed by atoms with Gasteiger partial charge in [0.05, 0.1) is 6.10 Å². The summed E-state index contributed by atoms with van der Waals surface area (Å²) in [4.78, 5) is 33.8. The van der Waals surface area contributed by atoms with Crippen LogP contribution in [0.25, 0.3) is 0 Å². The third kappa shape index (κ3) is 6.13. The summed E-state index contributed by atoms with van der Waals surface area (Å²) in [6.45, 7) is 4.18. The fourth-order valence-electron chi connectivity index (χ4n) is 5.70. The first-order valence-corrected chi connectivity index (χ1v) is 13.5. The second-order valence-electron chi connectivity index (χ2n) is 10.8. The number of benzene rings is 1. The number of hydrogen-bond acceptors (Lipinski definition) is 5. The van der Waals surface area contributed by atoms with Crippen LogP contribution in [0.4, 0.5) is 0 Å². The highest BCUT2D eigenvalue weighted by Gasteiger charge is 2.31. The van der Waals surface area contributed by atoms with Crippen LogP contribution in [0.15, 0.2) is 42.6 Å². The highest BCUT2D eigenvalue weighted by molar-refractivity contribution is 5.92. The fraction of sp³-hybridized carbons (Fsp3) is 0.552. The number of aliphatic hydroxyl groups excluding tert-OH is 1. The molecule has 3 heterocycles. The number of likely N-dealkylation sites (tertiary alicyclic amines) is 1. The molecule has 2 fully saturated rings. The Morgan fingerprint density at radius 3 is 2.58 bits per heavy atom. The number of aromatic nitrogens is 1. The first-order chi connectivity index (χ1) is 17.5. The van der Waals surface area contributed by atoms with E-state index in [4.69, 9.17) is 0 Å². The molecule has 7 heteroatoms. The summed E-state index contributed by atoms with van der Waals surface area (Å²) in [5, 5.41) is 13.4. The minimum absolute atomic E-state index is 0.205. The number of aliphatic hydroxyl groups is 1. The molecule has 1 aromatic heterocycles. The Kier molecular flexibility index (Phi) is 7.97. The van der Waals surface area contributed by atoms with Gasteiger partial charge in [0.2, 0.25) is 5.91 Å². The monoisotopic (exact) mass is 490 g/mol. The molecule has 2 amide bonds. The molecular formula is C29H38N4O3. The number of carbonyl (C=O) groups excluding carboxylic acids is 2. The van der Waals surface area contributed by atoms with Crippen LogP contribution < -0.4 is 5.32 Å². The van der Waals surface area contributed by atoms with Crippen LogP contribution in [0.3, 0.4) is 0 Å². The molecule has 1 atom stereocenters. The summed E-state index contributed by atoms with van der Waals surface area (Å²) < 4.78 is 0. The maximum atomic E-state index is 12.7. The van der Waals surface area contributed by atoms with Gasteiger partial charge in [-0.25, -0.2) is 0 Å². The number of rotatable bonds is 8. The van der Waals surface area contributed by atoms with Crippen LogP contribution in [-0.2, 0) is 24.2 Å². The van der Waals surface area contributed by atoms with E-state index in [0.29, 0.717) is 24.1 Å². The van der Waals surface area contributed by atoms with Crippen molar-refractivity contribution in [3.8, 4) is 0 Å². The first-order valence-electron chi connectivity index (χ1n) is 13.5. The van der Waals surface area contributed by atoms with Gasteiger partial charge in [-0.15, -0.1) is 0 Å². The SMILES string of the molecule is O=C(NC[C@H](O)CN1CCc2ccccc2C1)c1cc(CC2CCN(C(=O)C3CCC3)CC2)ccn1. The van der Waals surface area contributed by atoms with E-state index in [0.717, 1.165) is 70.3 Å². The molecule has 1 saturated carbocycles. The third-order valence-electron chi connectivity index (χ3n) is 8.14. The van der Waals surface area contributed by atoms with Crippen LogP contribution in [0.1, 0.15) is 59.3 Å². The summed E-state index contributed by atoms with van der Waals surface area (Å²) in [7, 11) is 0. The lowest BCUT2D eigenvalue weighted by Gasteiger charge is -2.36. The molecule has 3 aliphatic rings. The van der Waals surface area contributed by atoms with Crippen molar-refractivity contribution in [1.29, 1.82) is 0 Å². The maximum absolute atomic E-state index is 12.7. The van der Waals surface area contributed by atoms with Crippen molar-refractivity contribution in [1.82, 2.24) is 20.1 Å². The van der Waals surface area contributed by atoms with Crippen LogP contribution in [0, 0.1) is 11.8 Å². The highest BCUT2D eigenvalue weighted by Crippen LogP contribution is 2.30. The minimum atomic E-state index is -0.629. The molecule has 2 aliphatic heterocycles. The number of hydrogen-bond donors (Lipinski definition) is 2. The molecular weight excluding hydrogens is 452 g/mol. The van der Waals surface area contributed by atoms with E-state index < -0.39 is 6.10 Å². The topological polar surface area (TPSA) is 85.8 Å². The Morgan fingerprint density at radius 2 is 1.83 bits per heavy atom. The molecule has 1 aromatic carbocycles. The summed E-state index contributed by atoms with van der Waals surface area (Å²) in [6, 6.07) is 12.3. The fourth-order valence-corrected chi connectivity index (χ4v) is 5.70. The van der Waals surface area contributed by atoms with E-state index in [1.165, 1.54) is 17.5 Å². The Balaban J connectivity index is 1.06. The Bertz CT molecular complexity index is 1060. The van der Waals surface area contributed by atoms with Gasteiger partial charge in [-0.1, -0.05) is 30.7 Å². The largest absolute Gasteiger partial charge is 0.390 e. The molecule has 0 spiro atoms. The van der Waals surface area contributed by atoms with Gasteiger partial charge in [-0.3, -0.25) is 19.5 Å². The zero-order valence-electron chi connectivity index (χ0n) is 21.1. The molecule has 1 saturated heterocycles. The van der Waals surface area contributed by atoms with Gasteiger partial charge in [0.25, 0.3) is 5.91 Å². The standard InChI is InChI=1S/C29H38N4O3/c34-26(20-32-13-11-23-4-1-2-5-25(23)19-32)18-31-28(35)27-17-22(8-12-30-27)16-21-9-14-33(15-10-21)29(36)24-6-3-7-24/h1-2,4-5,8,12,17,21,24,26,34H,3,6-7,9-11,13-16,18-20H2,(H,31,35)/t26-/m0/s1. The van der Waals surface area contributed by atoms with Crippen LogP contribution in [0.2, 0.25) is 0 Å². The van der Waals surface area contributed by atoms with Crippen LogP contribution >= 0.6 is 0 Å². The predicted octanol–water partition coefficient (Wildman–Crippen LogP) is 2.81. The number of carbonyl (C=O) groups is 2. The second kappa shape index (κ2) is 11.5. The van der Waals surface area contributed by atoms with Gasteiger partial charge in [-0.2, -0.15) is 0 Å². The van der Waals surface area contributed by atoms with Gasteiger partial charge in [0.15, 0.2) is 0 Å². The Hall–Kier alpha value is -2.77. The van der Waals surface area contributed by atoms with E-state index in [1.54, 1.807) is 6.20 Å². The molecule has 5 rings (SSSR count). The lowest BCUT2D eigenvalue weighted by molar-refractivity contribution is -0.139. The molecule has 192 valence electrons. The van der Waals surface area contributed by atoms with Crippen molar-refractivity contribution in [2.45, 2.75) is 57.6 Å². The van der Waals surface area contributed by atoms with Gasteiger partial charge in [-0.05, 0) is 73.3 Å². The number of amides is 2. The smallest absolute Gasteiger partial charge is 0.269 e. The summed E-state index contributed by atoms with van der Waals surface area (Å²) in [5.41, 5.74) is 4.20. The van der Waals surface area contributed by atoms with Crippen molar-refractivity contribution >= 4 is 11.8 Å². The quantitative estimate of drug-likeness (QED) is 0.594. The lowest BCUT2D eigenvalue weighted by atomic mass is 9.83. The second-order valence-corrected chi connectivity index (χ2v) is 10.8. The summed E-state index contributed by atoms with van der Waals surface area (Å²) in [5.74, 6) is 0.902. The van der Waals surface area contributed by atoms with Crippen LogP contribution in [-0.4, -0.2) is 70.5 Å². The predicted molar refractivity (Wildman–Crippen MR) is 138 cm³/mol. The maximum Gasteiger partial charge on any atom is 0.269 e. The number of β-amino-alcohol motifs (C(OH)–C–C–N with tert-alkyl or cyclic N) is 1. The van der Waals surface area contributed by atoms with Crippen molar-refractivity contribution in [2.75, 3.05) is 32.7 Å². The van der Waals surface area contributed by atoms with E-state index in [-0.39, 0.29) is 18.4 Å². The molecule has 2 aromatic rings. The highest BCUT2D eigenvalue weighted by atomic mass is 16.3. The molecule has 0 radical (unpaired) electrons. The Morgan fingerprint density at radius 1 is 1.06 bits per heavy atom. The number of piperidine rings is 1. The summed E-state index contributed by atoms with van der Waals surface area (Å²) in [6.07, 6.45) is 8.28. The minimum Gasteiger partial charge on any atom is -0.390 e. The third-order valence-corrected chi connectivity index (χ3v) is 8.14. The van der Waals surface area contributed by atoms with Crippen molar-refractivity contribution < 1.29 is 14.7 Å². The van der Waals surface area contributed by atoms with Gasteiger partial charge >= 0.3 is 0 Å². The molecule has 0 bridgehead atoms. The van der Waals surface area contributed by atoms with Gasteiger partial charge < -0.3 is 15.3 Å². The number of fused-ring (bicyclic) bond motifs is 1. The average molecular weight is 491 g/mol. The lowest BCUT2D eigenvalue weighted by Crippen LogP contribution is -2.43. The summed E-state index contributed by atoms with van der Waals surface area (Å²) >= 11 is 0. The average Bonchev–Trinajstić information content (AvgIpc) is 2.87. The normalized spacial score (nSPS) is 19.9. The molecule has 1 aliphatic carbocycles. The Labute approximate surface area is 213 Å². The number of pyridine rings is 1. The zero-order chi connectivity index (χ0) is 24.9. The van der Waals surface area contributed by atoms with E-state index in [1.807, 2.05) is 12.1 Å². The number of nitrogens with one attached hydrogen (secondary N) is 1. The van der Waals surface area contributed by atoms with E-state index >= 15 is 0 Å². The van der Waals surface area contributed by atoms with Crippen molar-refractivity contribution in [3.05, 3.63) is 65.0 Å². The van der Waals surface area contributed by atoms with E-state index in [9.17, 15) is 14.7 Å². The molecule has 36 heavy (non-hydrogen) atoms. The van der Waals surface area contributed by atoms with Gasteiger partial charge in [0.1, 0.15) is 5.69 Å². The van der Waals surface area contributed by atoms with Crippen LogP contribution in [0.5, 0.6) is 0 Å². The van der Waals surface area contributed by atoms with Crippen molar-refractivity contribution in [2.24, 2.45) is 11.8 Å². The molecule has 7 nitrogen and oxygen atoms in total. The van der Waals surface area contributed by atoms with Crippen molar-refractivity contribution in [3.63, 3.8) is 0 Å².